The molecule has 0 radical (unpaired) electrons. The highest BCUT2D eigenvalue weighted by atomic mass is 16.6. The van der Waals surface area contributed by atoms with Crippen LogP contribution < -0.4 is 0 Å². The van der Waals surface area contributed by atoms with Crippen molar-refractivity contribution in [2.24, 2.45) is 0 Å². The molecular formula is C11H11NO5. The molecule has 17 heavy (non-hydrogen) atoms. The first kappa shape index (κ1) is 11.6. The van der Waals surface area contributed by atoms with Gasteiger partial charge in [0, 0.05) is 17.2 Å². The van der Waals surface area contributed by atoms with Crippen LogP contribution in [0.4, 0.5) is 0 Å². The van der Waals surface area contributed by atoms with Gasteiger partial charge in [-0.1, -0.05) is 18.2 Å². The first-order valence-electron chi connectivity index (χ1n) is 5.00. The Morgan fingerprint density at radius 3 is 2.65 bits per heavy atom. The Labute approximate surface area is 96.2 Å². The fraction of sp³-hybridized carbons (Fsp3) is 0.273. The second-order valence-electron chi connectivity index (χ2n) is 3.84. The molecule has 0 aliphatic rings. The molecule has 1 heterocycles. The molecule has 6 nitrogen and oxygen atoms in total. The summed E-state index contributed by atoms with van der Waals surface area (Å²) in [6.07, 6.45) is 0. The fourth-order valence-electron chi connectivity index (χ4n) is 1.52. The highest BCUT2D eigenvalue weighted by Gasteiger charge is 2.45. The number of nitro groups is 1. The van der Waals surface area contributed by atoms with Crippen LogP contribution in [0.5, 0.6) is 0 Å². The third-order valence-electron chi connectivity index (χ3n) is 2.69. The third-order valence-corrected chi connectivity index (χ3v) is 2.69. The van der Waals surface area contributed by atoms with E-state index in [1.54, 1.807) is 24.3 Å². The first-order chi connectivity index (χ1) is 7.93. The van der Waals surface area contributed by atoms with Crippen LogP contribution in [0, 0.1) is 10.1 Å². The number of hydrogen-bond donors (Lipinski definition) is 2. The number of benzene rings is 1. The number of rotatable bonds is 3. The Morgan fingerprint density at radius 2 is 2.06 bits per heavy atom. The quantitative estimate of drug-likeness (QED) is 0.475. The molecule has 2 rings (SSSR count). The van der Waals surface area contributed by atoms with E-state index >= 15 is 0 Å². The maximum absolute atomic E-state index is 10.6. The third kappa shape index (κ3) is 1.88. The van der Waals surface area contributed by atoms with E-state index in [0.29, 0.717) is 11.0 Å². The van der Waals surface area contributed by atoms with E-state index in [4.69, 9.17) is 4.42 Å². The van der Waals surface area contributed by atoms with Crippen LogP contribution in [0.3, 0.4) is 0 Å². The van der Waals surface area contributed by atoms with Crippen LogP contribution in [0.2, 0.25) is 0 Å². The normalized spacial score (nSPS) is 13.8. The van der Waals surface area contributed by atoms with E-state index < -0.39 is 16.8 Å². The summed E-state index contributed by atoms with van der Waals surface area (Å²) in [6.45, 7) is 1.10. The second-order valence-corrected chi connectivity index (χ2v) is 3.84. The summed E-state index contributed by atoms with van der Waals surface area (Å²) in [5.41, 5.74) is 0.450. The molecule has 90 valence electrons. The maximum Gasteiger partial charge on any atom is 0.293 e. The van der Waals surface area contributed by atoms with E-state index in [-0.39, 0.29) is 5.76 Å². The van der Waals surface area contributed by atoms with Crippen molar-refractivity contribution in [3.63, 3.8) is 0 Å². The highest BCUT2D eigenvalue weighted by Crippen LogP contribution is 2.29. The van der Waals surface area contributed by atoms with Gasteiger partial charge in [0.05, 0.1) is 0 Å². The largest absolute Gasteiger partial charge is 0.455 e. The predicted octanol–water partition coefficient (Wildman–Crippen LogP) is 1.24. The molecule has 0 fully saturated rings. The second kappa shape index (κ2) is 3.83. The lowest BCUT2D eigenvalue weighted by Crippen LogP contribution is -2.42. The molecule has 0 spiro atoms. The van der Waals surface area contributed by atoms with Crippen LogP contribution in [0.25, 0.3) is 11.0 Å². The van der Waals surface area contributed by atoms with Gasteiger partial charge in [0.25, 0.3) is 11.8 Å². The molecule has 0 aliphatic heterocycles. The summed E-state index contributed by atoms with van der Waals surface area (Å²) in [6, 6.07) is 6.65. The Bertz CT molecular complexity index is 527. The molecule has 0 amide bonds. The van der Waals surface area contributed by atoms with Gasteiger partial charge >= 0.3 is 0 Å². The van der Waals surface area contributed by atoms with Crippen molar-refractivity contribution in [2.75, 3.05) is 0 Å². The lowest BCUT2D eigenvalue weighted by atomic mass is 10.1. The Morgan fingerprint density at radius 1 is 1.41 bits per heavy atom. The van der Waals surface area contributed by atoms with Gasteiger partial charge in [-0.25, -0.2) is 0 Å². The molecular weight excluding hydrogens is 226 g/mol. The monoisotopic (exact) mass is 237 g/mol. The smallest absolute Gasteiger partial charge is 0.293 e. The number of para-hydroxylation sites is 1. The first-order valence-corrected chi connectivity index (χ1v) is 5.00. The molecule has 2 aromatic rings. The number of hydrogen-bond acceptors (Lipinski definition) is 5. The van der Waals surface area contributed by atoms with Gasteiger partial charge < -0.3 is 14.6 Å². The Balaban J connectivity index is 2.48. The van der Waals surface area contributed by atoms with Crippen molar-refractivity contribution >= 4 is 11.0 Å². The van der Waals surface area contributed by atoms with E-state index in [9.17, 15) is 20.3 Å². The molecule has 0 aliphatic carbocycles. The van der Waals surface area contributed by atoms with Gasteiger partial charge in [0.15, 0.2) is 5.76 Å². The minimum Gasteiger partial charge on any atom is -0.455 e. The van der Waals surface area contributed by atoms with Gasteiger partial charge in [0.1, 0.15) is 5.58 Å². The van der Waals surface area contributed by atoms with E-state index in [1.807, 2.05) is 0 Å². The molecule has 0 bridgehead atoms. The maximum atomic E-state index is 10.6. The van der Waals surface area contributed by atoms with Gasteiger partial charge in [-0.05, 0) is 12.1 Å². The van der Waals surface area contributed by atoms with E-state index in [1.165, 1.54) is 6.07 Å². The lowest BCUT2D eigenvalue weighted by Gasteiger charge is -2.19. The molecule has 0 saturated carbocycles. The summed E-state index contributed by atoms with van der Waals surface area (Å²) in [5, 5.41) is 30.7. The van der Waals surface area contributed by atoms with Crippen LogP contribution in [-0.2, 0) is 5.79 Å². The summed E-state index contributed by atoms with van der Waals surface area (Å²) >= 11 is 0. The Hall–Kier alpha value is -1.92. The zero-order chi connectivity index (χ0) is 12.6. The van der Waals surface area contributed by atoms with E-state index in [2.05, 4.69) is 0 Å². The number of aliphatic hydroxyl groups is 2. The summed E-state index contributed by atoms with van der Waals surface area (Å²) in [4.78, 5) is 9.81. The minimum atomic E-state index is -2.62. The fourth-order valence-corrected chi connectivity index (χ4v) is 1.52. The van der Waals surface area contributed by atoms with Crippen molar-refractivity contribution in [3.8, 4) is 0 Å². The number of nitrogens with zero attached hydrogens (tertiary/aromatic N) is 1. The number of furan rings is 1. The van der Waals surface area contributed by atoms with Crippen LogP contribution in [0.15, 0.2) is 34.7 Å². The standard InChI is InChI=1S/C11H11NO5/c1-7(12(15)16)11(13,14)10-6-8-4-2-3-5-9(8)17-10/h2-7,13-14H,1H3. The molecule has 1 atom stereocenters. The van der Waals surface area contributed by atoms with Crippen molar-refractivity contribution in [3.05, 3.63) is 46.2 Å². The average molecular weight is 237 g/mol. The zero-order valence-electron chi connectivity index (χ0n) is 9.03. The molecule has 1 aromatic heterocycles. The van der Waals surface area contributed by atoms with Crippen molar-refractivity contribution in [1.82, 2.24) is 0 Å². The molecule has 6 heteroatoms. The molecule has 2 N–H and O–H groups in total. The van der Waals surface area contributed by atoms with Gasteiger partial charge in [-0.15, -0.1) is 0 Å². The van der Waals surface area contributed by atoms with Gasteiger partial charge in [0.2, 0.25) is 0 Å². The van der Waals surface area contributed by atoms with Crippen LogP contribution >= 0.6 is 0 Å². The van der Waals surface area contributed by atoms with E-state index in [0.717, 1.165) is 6.92 Å². The summed E-state index contributed by atoms with van der Waals surface area (Å²) in [5.74, 6) is -2.86. The molecule has 1 aromatic carbocycles. The van der Waals surface area contributed by atoms with Crippen LogP contribution in [-0.4, -0.2) is 21.2 Å². The summed E-state index contributed by atoms with van der Waals surface area (Å²) < 4.78 is 5.20. The van der Waals surface area contributed by atoms with Crippen LogP contribution in [0.1, 0.15) is 12.7 Å². The topological polar surface area (TPSA) is 96.7 Å². The lowest BCUT2D eigenvalue weighted by molar-refractivity contribution is -0.563. The van der Waals surface area contributed by atoms with Crippen molar-refractivity contribution < 1.29 is 19.6 Å². The van der Waals surface area contributed by atoms with Crippen molar-refractivity contribution in [2.45, 2.75) is 18.8 Å². The zero-order valence-corrected chi connectivity index (χ0v) is 9.03. The SMILES string of the molecule is CC([N+](=O)[O-])C(O)(O)c1cc2ccccc2o1. The van der Waals surface area contributed by atoms with Crippen molar-refractivity contribution in [1.29, 1.82) is 0 Å². The summed E-state index contributed by atoms with van der Waals surface area (Å²) in [7, 11) is 0. The van der Waals surface area contributed by atoms with Gasteiger partial charge in [-0.2, -0.15) is 0 Å². The molecule has 1 unspecified atom stereocenters. The Kier molecular flexibility index (Phi) is 2.60. The minimum absolute atomic E-state index is 0.233. The molecule has 0 saturated heterocycles. The van der Waals surface area contributed by atoms with Gasteiger partial charge in [-0.3, -0.25) is 10.1 Å². The predicted molar refractivity (Wildman–Crippen MR) is 58.8 cm³/mol. The average Bonchev–Trinajstić information content (AvgIpc) is 2.71. The highest BCUT2D eigenvalue weighted by molar-refractivity contribution is 5.77. The number of fused-ring (bicyclic) bond motifs is 1.